The molecule has 0 aromatic carbocycles. The van der Waals surface area contributed by atoms with E-state index in [1.807, 2.05) is 11.8 Å². The lowest BCUT2D eigenvalue weighted by Gasteiger charge is -2.34. The van der Waals surface area contributed by atoms with Crippen LogP contribution in [0.1, 0.15) is 34.1 Å². The first-order valence-electron chi connectivity index (χ1n) is 6.10. The zero-order valence-electron chi connectivity index (χ0n) is 11.0. The Balaban J connectivity index is 2.84. The van der Waals surface area contributed by atoms with E-state index in [1.165, 1.54) is 0 Å². The number of amides is 1. The third kappa shape index (κ3) is 2.55. The summed E-state index contributed by atoms with van der Waals surface area (Å²) in [5.74, 6) is 0.604. The normalized spacial score (nSPS) is 27.9. The molecule has 1 aliphatic heterocycles. The first kappa shape index (κ1) is 13.5. The van der Waals surface area contributed by atoms with Gasteiger partial charge in [-0.3, -0.25) is 10.1 Å². The summed E-state index contributed by atoms with van der Waals surface area (Å²) >= 11 is 0. The highest BCUT2D eigenvalue weighted by atomic mass is 16.5. The van der Waals surface area contributed by atoms with Crippen molar-refractivity contribution in [1.82, 2.24) is 10.2 Å². The lowest BCUT2D eigenvalue weighted by Crippen LogP contribution is -2.49. The standard InChI is InChI=1S/C12H24N2O2/c1-6-11-13-9(4)12(15)14(11)10(7-16-5)8(2)3/h8-11,13H,6-7H2,1-5H3. The molecule has 1 heterocycles. The second-order valence-corrected chi connectivity index (χ2v) is 4.82. The van der Waals surface area contributed by atoms with Crippen LogP contribution in [0.15, 0.2) is 0 Å². The van der Waals surface area contributed by atoms with Crippen molar-refractivity contribution in [2.45, 2.75) is 52.4 Å². The second-order valence-electron chi connectivity index (χ2n) is 4.82. The van der Waals surface area contributed by atoms with E-state index < -0.39 is 0 Å². The number of carbonyl (C=O) groups excluding carboxylic acids is 1. The van der Waals surface area contributed by atoms with Crippen molar-refractivity contribution in [1.29, 1.82) is 0 Å². The van der Waals surface area contributed by atoms with Gasteiger partial charge in [0.25, 0.3) is 0 Å². The number of hydrogen-bond donors (Lipinski definition) is 1. The van der Waals surface area contributed by atoms with Crippen LogP contribution in [0.4, 0.5) is 0 Å². The molecule has 94 valence electrons. The minimum absolute atomic E-state index is 0.0666. The number of rotatable bonds is 5. The zero-order valence-corrected chi connectivity index (χ0v) is 11.0. The number of nitrogens with one attached hydrogen (secondary N) is 1. The Hall–Kier alpha value is -0.610. The molecule has 0 saturated carbocycles. The van der Waals surface area contributed by atoms with E-state index in [1.54, 1.807) is 7.11 Å². The maximum atomic E-state index is 12.1. The van der Waals surface area contributed by atoms with Crippen LogP contribution in [0.25, 0.3) is 0 Å². The van der Waals surface area contributed by atoms with E-state index >= 15 is 0 Å². The van der Waals surface area contributed by atoms with Crippen molar-refractivity contribution in [3.8, 4) is 0 Å². The first-order valence-corrected chi connectivity index (χ1v) is 6.10. The molecule has 0 aromatic rings. The van der Waals surface area contributed by atoms with Gasteiger partial charge in [-0.25, -0.2) is 0 Å². The molecule has 4 nitrogen and oxygen atoms in total. The van der Waals surface area contributed by atoms with Crippen LogP contribution in [0.3, 0.4) is 0 Å². The van der Waals surface area contributed by atoms with Gasteiger partial charge in [-0.15, -0.1) is 0 Å². The van der Waals surface area contributed by atoms with Gasteiger partial charge < -0.3 is 9.64 Å². The summed E-state index contributed by atoms with van der Waals surface area (Å²) < 4.78 is 5.23. The van der Waals surface area contributed by atoms with Crippen molar-refractivity contribution in [2.24, 2.45) is 5.92 Å². The van der Waals surface area contributed by atoms with Crippen LogP contribution in [-0.4, -0.2) is 42.8 Å². The molecular weight excluding hydrogens is 204 g/mol. The fourth-order valence-corrected chi connectivity index (χ4v) is 2.29. The smallest absolute Gasteiger partial charge is 0.241 e. The van der Waals surface area contributed by atoms with E-state index in [2.05, 4.69) is 26.1 Å². The Morgan fingerprint density at radius 1 is 1.50 bits per heavy atom. The molecule has 0 bridgehead atoms. The predicted octanol–water partition coefficient (Wildman–Crippen LogP) is 1.21. The van der Waals surface area contributed by atoms with Crippen molar-refractivity contribution >= 4 is 5.91 Å². The van der Waals surface area contributed by atoms with Gasteiger partial charge in [0, 0.05) is 7.11 Å². The fourth-order valence-electron chi connectivity index (χ4n) is 2.29. The average molecular weight is 228 g/mol. The SMILES string of the molecule is CCC1NC(C)C(=O)N1C(COC)C(C)C. The van der Waals surface area contributed by atoms with E-state index in [0.29, 0.717) is 12.5 Å². The van der Waals surface area contributed by atoms with Crippen molar-refractivity contribution in [3.63, 3.8) is 0 Å². The van der Waals surface area contributed by atoms with E-state index in [4.69, 9.17) is 4.74 Å². The van der Waals surface area contributed by atoms with Crippen LogP contribution >= 0.6 is 0 Å². The maximum Gasteiger partial charge on any atom is 0.241 e. The topological polar surface area (TPSA) is 41.6 Å². The zero-order chi connectivity index (χ0) is 12.3. The molecule has 4 heteroatoms. The summed E-state index contributed by atoms with van der Waals surface area (Å²) in [4.78, 5) is 14.1. The van der Waals surface area contributed by atoms with Crippen LogP contribution in [0.5, 0.6) is 0 Å². The summed E-state index contributed by atoms with van der Waals surface area (Å²) in [6, 6.07) is 0.1000. The first-order chi connectivity index (χ1) is 7.52. The van der Waals surface area contributed by atoms with Gasteiger partial charge in [0.2, 0.25) is 5.91 Å². The molecule has 0 radical (unpaired) electrons. The highest BCUT2D eigenvalue weighted by Crippen LogP contribution is 2.21. The van der Waals surface area contributed by atoms with Crippen molar-refractivity contribution in [3.05, 3.63) is 0 Å². The molecular formula is C12H24N2O2. The molecule has 1 amide bonds. The number of methoxy groups -OCH3 is 1. The predicted molar refractivity (Wildman–Crippen MR) is 64.0 cm³/mol. The van der Waals surface area contributed by atoms with Gasteiger partial charge in [-0.05, 0) is 19.3 Å². The molecule has 16 heavy (non-hydrogen) atoms. The molecule has 0 aliphatic carbocycles. The Morgan fingerprint density at radius 2 is 2.12 bits per heavy atom. The molecule has 0 aromatic heterocycles. The number of carbonyl (C=O) groups is 1. The van der Waals surface area contributed by atoms with Gasteiger partial charge in [0.05, 0.1) is 24.9 Å². The minimum atomic E-state index is -0.0666. The van der Waals surface area contributed by atoms with Crippen molar-refractivity contribution in [2.75, 3.05) is 13.7 Å². The van der Waals surface area contributed by atoms with Crippen molar-refractivity contribution < 1.29 is 9.53 Å². The molecule has 3 unspecified atom stereocenters. The van der Waals surface area contributed by atoms with Crippen LogP contribution in [-0.2, 0) is 9.53 Å². The van der Waals surface area contributed by atoms with Crippen LogP contribution < -0.4 is 5.32 Å². The summed E-state index contributed by atoms with van der Waals surface area (Å²) in [5.41, 5.74) is 0. The van der Waals surface area contributed by atoms with Gasteiger partial charge in [-0.1, -0.05) is 20.8 Å². The quantitative estimate of drug-likeness (QED) is 0.769. The fraction of sp³-hybridized carbons (Fsp3) is 0.917. The molecule has 1 N–H and O–H groups in total. The monoisotopic (exact) mass is 228 g/mol. The number of ether oxygens (including phenoxy) is 1. The molecule has 1 fully saturated rings. The second kappa shape index (κ2) is 5.64. The highest BCUT2D eigenvalue weighted by molar-refractivity contribution is 5.84. The lowest BCUT2D eigenvalue weighted by atomic mass is 10.0. The van der Waals surface area contributed by atoms with Gasteiger partial charge in [0.1, 0.15) is 0 Å². The van der Waals surface area contributed by atoms with Crippen LogP contribution in [0.2, 0.25) is 0 Å². The highest BCUT2D eigenvalue weighted by Gasteiger charge is 2.40. The van der Waals surface area contributed by atoms with Gasteiger partial charge in [-0.2, -0.15) is 0 Å². The molecule has 3 atom stereocenters. The summed E-state index contributed by atoms with van der Waals surface area (Å²) in [6.45, 7) is 8.89. The molecule has 1 aliphatic rings. The Bertz CT molecular complexity index is 243. The minimum Gasteiger partial charge on any atom is -0.383 e. The Morgan fingerprint density at radius 3 is 2.56 bits per heavy atom. The number of hydrogen-bond acceptors (Lipinski definition) is 3. The summed E-state index contributed by atoms with van der Waals surface area (Å²) in [6.07, 6.45) is 1.09. The maximum absolute atomic E-state index is 12.1. The van der Waals surface area contributed by atoms with E-state index in [9.17, 15) is 4.79 Å². The largest absolute Gasteiger partial charge is 0.383 e. The molecule has 1 saturated heterocycles. The van der Waals surface area contributed by atoms with Gasteiger partial charge in [0.15, 0.2) is 0 Å². The third-order valence-corrected chi connectivity index (χ3v) is 3.25. The Kier molecular flexibility index (Phi) is 4.74. The van der Waals surface area contributed by atoms with Crippen LogP contribution in [0, 0.1) is 5.92 Å². The van der Waals surface area contributed by atoms with Gasteiger partial charge >= 0.3 is 0 Å². The summed E-state index contributed by atoms with van der Waals surface area (Å²) in [7, 11) is 1.69. The Labute approximate surface area is 98.3 Å². The lowest BCUT2D eigenvalue weighted by molar-refractivity contribution is -0.134. The number of nitrogens with zero attached hydrogens (tertiary/aromatic N) is 1. The van der Waals surface area contributed by atoms with E-state index in [0.717, 1.165) is 6.42 Å². The summed E-state index contributed by atoms with van der Waals surface area (Å²) in [5, 5.41) is 3.32. The van der Waals surface area contributed by atoms with E-state index in [-0.39, 0.29) is 24.2 Å². The molecule has 0 spiro atoms. The average Bonchev–Trinajstić information content (AvgIpc) is 2.52. The third-order valence-electron chi connectivity index (χ3n) is 3.25. The molecule has 1 rings (SSSR count).